The highest BCUT2D eigenvalue weighted by molar-refractivity contribution is 5.28. The van der Waals surface area contributed by atoms with E-state index in [4.69, 9.17) is 4.74 Å². The molecule has 0 heterocycles. The van der Waals surface area contributed by atoms with E-state index < -0.39 is 0 Å². The molecule has 0 radical (unpaired) electrons. The van der Waals surface area contributed by atoms with Crippen LogP contribution < -0.4 is 10.1 Å². The van der Waals surface area contributed by atoms with Crippen LogP contribution in [0.2, 0.25) is 0 Å². The van der Waals surface area contributed by atoms with Gasteiger partial charge in [-0.25, -0.2) is 0 Å². The van der Waals surface area contributed by atoms with Crippen LogP contribution in [0.5, 0.6) is 5.75 Å². The minimum Gasteiger partial charge on any atom is -0.492 e. The van der Waals surface area contributed by atoms with E-state index in [2.05, 4.69) is 55.3 Å². The number of hydrogen-bond donors (Lipinski definition) is 1. The van der Waals surface area contributed by atoms with Gasteiger partial charge in [0.15, 0.2) is 0 Å². The molecule has 0 amide bonds. The van der Waals surface area contributed by atoms with Gasteiger partial charge in [0.25, 0.3) is 0 Å². The predicted octanol–water partition coefficient (Wildman–Crippen LogP) is 3.44. The normalized spacial score (nSPS) is 14.9. The fourth-order valence-corrected chi connectivity index (χ4v) is 2.49. The van der Waals surface area contributed by atoms with E-state index in [1.54, 1.807) is 0 Å². The molecule has 0 unspecified atom stereocenters. The molecule has 1 aromatic rings. The lowest BCUT2D eigenvalue weighted by Gasteiger charge is -2.25. The summed E-state index contributed by atoms with van der Waals surface area (Å²) in [5, 5.41) is 3.54. The Hall–Kier alpha value is -1.06. The first-order valence-corrected chi connectivity index (χ1v) is 8.38. The third-order valence-electron chi connectivity index (χ3n) is 3.96. The molecule has 0 bridgehead atoms. The van der Waals surface area contributed by atoms with Gasteiger partial charge in [0.2, 0.25) is 0 Å². The number of hydrogen-bond acceptors (Lipinski definition) is 3. The Kier molecular flexibility index (Phi) is 6.52. The lowest BCUT2D eigenvalue weighted by atomic mass is 10.2. The first-order valence-electron chi connectivity index (χ1n) is 8.38. The second-order valence-electron chi connectivity index (χ2n) is 6.28. The highest BCUT2D eigenvalue weighted by Crippen LogP contribution is 2.20. The molecule has 3 nitrogen and oxygen atoms in total. The third-order valence-corrected chi connectivity index (χ3v) is 3.96. The summed E-state index contributed by atoms with van der Waals surface area (Å²) in [5.41, 5.74) is 1.31. The lowest BCUT2D eigenvalue weighted by Crippen LogP contribution is -2.35. The summed E-state index contributed by atoms with van der Waals surface area (Å²) < 4.78 is 5.93. The number of ether oxygens (including phenoxy) is 1. The van der Waals surface area contributed by atoms with E-state index in [1.165, 1.54) is 24.8 Å². The van der Waals surface area contributed by atoms with Crippen LogP contribution >= 0.6 is 0 Å². The zero-order valence-electron chi connectivity index (χ0n) is 13.8. The van der Waals surface area contributed by atoms with Crippen molar-refractivity contribution in [2.24, 2.45) is 0 Å². The first kappa shape index (κ1) is 16.3. The van der Waals surface area contributed by atoms with Crippen LogP contribution in [-0.4, -0.2) is 36.7 Å². The first-order chi connectivity index (χ1) is 10.2. The highest BCUT2D eigenvalue weighted by Gasteiger charge is 2.19. The Labute approximate surface area is 129 Å². The Bertz CT molecular complexity index is 415. The van der Waals surface area contributed by atoms with Gasteiger partial charge in [-0.1, -0.05) is 19.1 Å². The minimum absolute atomic E-state index is 0.586. The summed E-state index contributed by atoms with van der Waals surface area (Å²) in [5.74, 6) is 0.991. The topological polar surface area (TPSA) is 24.5 Å². The Morgan fingerprint density at radius 1 is 1.29 bits per heavy atom. The van der Waals surface area contributed by atoms with Gasteiger partial charge in [0.1, 0.15) is 12.4 Å². The van der Waals surface area contributed by atoms with Crippen molar-refractivity contribution < 1.29 is 4.74 Å². The largest absolute Gasteiger partial charge is 0.492 e. The molecule has 1 N–H and O–H groups in total. The van der Waals surface area contributed by atoms with Crippen LogP contribution in [0.4, 0.5) is 0 Å². The van der Waals surface area contributed by atoms with Crippen LogP contribution in [0.3, 0.4) is 0 Å². The second kappa shape index (κ2) is 8.40. The van der Waals surface area contributed by atoms with E-state index >= 15 is 0 Å². The van der Waals surface area contributed by atoms with Gasteiger partial charge in [-0.05, 0) is 57.4 Å². The summed E-state index contributed by atoms with van der Waals surface area (Å²) in [6.45, 7) is 10.6. The van der Waals surface area contributed by atoms with Gasteiger partial charge in [0, 0.05) is 25.2 Å². The molecular formula is C18H30N2O. The van der Waals surface area contributed by atoms with Crippen molar-refractivity contribution in [2.45, 2.75) is 58.7 Å². The maximum absolute atomic E-state index is 5.93. The van der Waals surface area contributed by atoms with Gasteiger partial charge in [-0.15, -0.1) is 0 Å². The summed E-state index contributed by atoms with van der Waals surface area (Å²) in [4.78, 5) is 2.47. The van der Waals surface area contributed by atoms with Crippen LogP contribution in [0.25, 0.3) is 0 Å². The van der Waals surface area contributed by atoms with E-state index in [1.807, 2.05) is 0 Å². The van der Waals surface area contributed by atoms with Crippen molar-refractivity contribution in [1.82, 2.24) is 10.2 Å². The lowest BCUT2D eigenvalue weighted by molar-refractivity contribution is 0.176. The van der Waals surface area contributed by atoms with Gasteiger partial charge < -0.3 is 10.1 Å². The quantitative estimate of drug-likeness (QED) is 0.714. The van der Waals surface area contributed by atoms with Crippen molar-refractivity contribution in [3.05, 3.63) is 29.8 Å². The van der Waals surface area contributed by atoms with Gasteiger partial charge in [-0.2, -0.15) is 0 Å². The smallest absolute Gasteiger partial charge is 0.119 e. The van der Waals surface area contributed by atoms with Crippen LogP contribution in [0, 0.1) is 0 Å². The second-order valence-corrected chi connectivity index (χ2v) is 6.28. The monoisotopic (exact) mass is 290 g/mol. The molecule has 1 aliphatic rings. The molecule has 0 saturated heterocycles. The number of rotatable bonds is 10. The average molecular weight is 290 g/mol. The molecule has 21 heavy (non-hydrogen) atoms. The Morgan fingerprint density at radius 2 is 2.10 bits per heavy atom. The van der Waals surface area contributed by atoms with Crippen molar-refractivity contribution >= 4 is 0 Å². The fraction of sp³-hybridized carbons (Fsp3) is 0.667. The van der Waals surface area contributed by atoms with Crippen LogP contribution in [-0.2, 0) is 6.54 Å². The molecule has 0 aromatic heterocycles. The number of nitrogens with zero attached hydrogens (tertiary/aromatic N) is 1. The van der Waals surface area contributed by atoms with Crippen molar-refractivity contribution in [3.8, 4) is 5.75 Å². The van der Waals surface area contributed by atoms with Gasteiger partial charge in [0.05, 0.1) is 0 Å². The maximum Gasteiger partial charge on any atom is 0.119 e. The Morgan fingerprint density at radius 3 is 2.76 bits per heavy atom. The predicted molar refractivity (Wildman–Crippen MR) is 88.8 cm³/mol. The molecule has 0 aliphatic heterocycles. The van der Waals surface area contributed by atoms with Crippen molar-refractivity contribution in [3.63, 3.8) is 0 Å². The zero-order chi connectivity index (χ0) is 15.1. The molecule has 3 heteroatoms. The van der Waals surface area contributed by atoms with E-state index in [0.29, 0.717) is 6.04 Å². The molecular weight excluding hydrogens is 260 g/mol. The molecule has 0 atom stereocenters. The Balaban J connectivity index is 1.74. The van der Waals surface area contributed by atoms with Crippen LogP contribution in [0.1, 0.15) is 45.6 Å². The zero-order valence-corrected chi connectivity index (χ0v) is 13.8. The van der Waals surface area contributed by atoms with Crippen LogP contribution in [0.15, 0.2) is 24.3 Å². The van der Waals surface area contributed by atoms with Crippen molar-refractivity contribution in [2.75, 3.05) is 19.7 Å². The molecule has 118 valence electrons. The minimum atomic E-state index is 0.586. The fourth-order valence-electron chi connectivity index (χ4n) is 2.49. The van der Waals surface area contributed by atoms with Gasteiger partial charge >= 0.3 is 0 Å². The average Bonchev–Trinajstić information content (AvgIpc) is 3.29. The molecule has 1 fully saturated rings. The summed E-state index contributed by atoms with van der Waals surface area (Å²) in [7, 11) is 0. The maximum atomic E-state index is 5.93. The number of benzene rings is 1. The van der Waals surface area contributed by atoms with E-state index in [-0.39, 0.29) is 0 Å². The molecule has 0 spiro atoms. The van der Waals surface area contributed by atoms with Crippen molar-refractivity contribution in [1.29, 1.82) is 0 Å². The molecule has 1 aliphatic carbocycles. The summed E-state index contributed by atoms with van der Waals surface area (Å²) in [6, 6.07) is 9.81. The van der Waals surface area contributed by atoms with E-state index in [9.17, 15) is 0 Å². The van der Waals surface area contributed by atoms with Gasteiger partial charge in [-0.3, -0.25) is 4.90 Å². The molecule has 1 saturated carbocycles. The highest BCUT2D eigenvalue weighted by atomic mass is 16.5. The third kappa shape index (κ3) is 6.06. The standard InChI is InChI=1S/C18H30N2O/c1-4-10-20(15(2)3)11-12-21-18-7-5-6-16(13-18)14-19-17-8-9-17/h5-7,13,15,17,19H,4,8-12,14H2,1-3H3. The summed E-state index contributed by atoms with van der Waals surface area (Å²) >= 11 is 0. The molecule has 1 aromatic carbocycles. The molecule has 2 rings (SSSR count). The number of nitrogens with one attached hydrogen (secondary N) is 1. The van der Waals surface area contributed by atoms with E-state index in [0.717, 1.165) is 38.0 Å². The summed E-state index contributed by atoms with van der Waals surface area (Å²) in [6.07, 6.45) is 3.86. The SMILES string of the molecule is CCCN(CCOc1cccc(CNC2CC2)c1)C(C)C.